The van der Waals surface area contributed by atoms with Crippen LogP contribution in [0.25, 0.3) is 11.3 Å². The first-order valence-electron chi connectivity index (χ1n) is 8.57. The number of carboxylic acid groups (broad SMARTS) is 1. The number of aliphatic hydroxyl groups is 1. The Morgan fingerprint density at radius 2 is 2.07 bits per heavy atom. The van der Waals surface area contributed by atoms with E-state index in [1.807, 2.05) is 0 Å². The number of anilines is 1. The number of imidazole rings is 1. The van der Waals surface area contributed by atoms with Crippen molar-refractivity contribution in [1.82, 2.24) is 9.55 Å². The second-order valence-electron chi connectivity index (χ2n) is 6.39. The highest BCUT2D eigenvalue weighted by atomic mass is 35.5. The van der Waals surface area contributed by atoms with Crippen molar-refractivity contribution in [1.29, 1.82) is 0 Å². The first-order valence-corrected chi connectivity index (χ1v) is 8.95. The maximum absolute atomic E-state index is 14.3. The molecule has 1 aromatic heterocycles. The molecule has 9 heteroatoms. The molecule has 0 fully saturated rings. The van der Waals surface area contributed by atoms with Crippen molar-refractivity contribution in [3.8, 4) is 17.0 Å². The summed E-state index contributed by atoms with van der Waals surface area (Å²) in [6.45, 7) is 1.67. The molecule has 3 N–H and O–H groups in total. The molecule has 0 spiro atoms. The van der Waals surface area contributed by atoms with Gasteiger partial charge in [-0.25, -0.2) is 14.2 Å². The summed E-state index contributed by atoms with van der Waals surface area (Å²) in [6, 6.07) is 7.70. The lowest BCUT2D eigenvalue weighted by Gasteiger charge is -2.16. The van der Waals surface area contributed by atoms with E-state index in [4.69, 9.17) is 21.4 Å². The lowest BCUT2D eigenvalue weighted by Crippen LogP contribution is -2.15. The molecule has 0 saturated carbocycles. The van der Waals surface area contributed by atoms with Crippen molar-refractivity contribution in [2.45, 2.75) is 13.2 Å². The molecule has 152 valence electrons. The summed E-state index contributed by atoms with van der Waals surface area (Å²) in [6.07, 6.45) is 0.289. The van der Waals surface area contributed by atoms with Crippen molar-refractivity contribution >= 4 is 23.3 Å². The fraction of sp³-hybridized carbons (Fsp3) is 0.200. The Morgan fingerprint density at radius 1 is 1.34 bits per heavy atom. The molecule has 0 saturated heterocycles. The molecule has 3 rings (SSSR count). The van der Waals surface area contributed by atoms with Gasteiger partial charge >= 0.3 is 5.97 Å². The molecule has 0 amide bonds. The van der Waals surface area contributed by atoms with E-state index < -0.39 is 18.0 Å². The van der Waals surface area contributed by atoms with E-state index in [0.29, 0.717) is 22.5 Å². The standard InChI is InChI=1S/C20H19ClFN3O4/c1-10-8-11(4-5-12(10)20(27)28)24-19(26)18-23-9-14(25(18)2)13-6-7-15(29-3)17(22)16(13)21/h4-9,19,24,26H,1-3H3,(H,27,28). The number of ether oxygens (including phenoxy) is 1. The van der Waals surface area contributed by atoms with E-state index in [-0.39, 0.29) is 22.2 Å². The molecule has 7 nitrogen and oxygen atoms in total. The number of aromatic nitrogens is 2. The third-order valence-electron chi connectivity index (χ3n) is 4.57. The number of carboxylic acids is 1. The predicted molar refractivity (Wildman–Crippen MR) is 107 cm³/mol. The summed E-state index contributed by atoms with van der Waals surface area (Å²) < 4.78 is 20.8. The van der Waals surface area contributed by atoms with Crippen molar-refractivity contribution < 1.29 is 24.1 Å². The molecule has 3 aromatic rings. The minimum Gasteiger partial charge on any atom is -0.494 e. The van der Waals surface area contributed by atoms with Crippen LogP contribution in [0.3, 0.4) is 0 Å². The Hall–Kier alpha value is -3.10. The molecule has 0 bridgehead atoms. The van der Waals surface area contributed by atoms with Gasteiger partial charge in [-0.1, -0.05) is 11.6 Å². The molecule has 2 aromatic carbocycles. The van der Waals surface area contributed by atoms with Crippen LogP contribution in [0.15, 0.2) is 36.5 Å². The quantitative estimate of drug-likeness (QED) is 0.522. The fourth-order valence-corrected chi connectivity index (χ4v) is 3.28. The van der Waals surface area contributed by atoms with Gasteiger partial charge in [0.2, 0.25) is 0 Å². The van der Waals surface area contributed by atoms with Crippen LogP contribution >= 0.6 is 11.6 Å². The number of carbonyl (C=O) groups is 1. The third-order valence-corrected chi connectivity index (χ3v) is 4.94. The summed E-state index contributed by atoms with van der Waals surface area (Å²) in [5.41, 5.74) is 2.17. The first-order chi connectivity index (χ1) is 13.7. The molecule has 29 heavy (non-hydrogen) atoms. The van der Waals surface area contributed by atoms with Gasteiger partial charge in [0.05, 0.1) is 29.6 Å². The maximum atomic E-state index is 14.3. The summed E-state index contributed by atoms with van der Waals surface area (Å²) in [4.78, 5) is 15.3. The lowest BCUT2D eigenvalue weighted by molar-refractivity contribution is 0.0696. The van der Waals surface area contributed by atoms with Gasteiger partial charge in [-0.3, -0.25) is 0 Å². The second-order valence-corrected chi connectivity index (χ2v) is 6.76. The van der Waals surface area contributed by atoms with Gasteiger partial charge in [-0.15, -0.1) is 0 Å². The third kappa shape index (κ3) is 3.90. The summed E-state index contributed by atoms with van der Waals surface area (Å²) >= 11 is 6.14. The molecular weight excluding hydrogens is 401 g/mol. The van der Waals surface area contributed by atoms with Crippen LogP contribution < -0.4 is 10.1 Å². The number of benzene rings is 2. The van der Waals surface area contributed by atoms with E-state index in [9.17, 15) is 14.3 Å². The minimum atomic E-state index is -1.19. The van der Waals surface area contributed by atoms with Gasteiger partial charge in [0.1, 0.15) is 0 Å². The van der Waals surface area contributed by atoms with Crippen molar-refractivity contribution in [3.05, 3.63) is 64.3 Å². The number of nitrogens with one attached hydrogen (secondary N) is 1. The van der Waals surface area contributed by atoms with Gasteiger partial charge in [0.15, 0.2) is 23.6 Å². The topological polar surface area (TPSA) is 96.6 Å². The van der Waals surface area contributed by atoms with Crippen LogP contribution in [0, 0.1) is 12.7 Å². The highest BCUT2D eigenvalue weighted by Crippen LogP contribution is 2.35. The van der Waals surface area contributed by atoms with Gasteiger partial charge in [-0.2, -0.15) is 0 Å². The highest BCUT2D eigenvalue weighted by Gasteiger charge is 2.20. The molecule has 1 heterocycles. The number of nitrogens with zero attached hydrogens (tertiary/aromatic N) is 2. The number of rotatable bonds is 6. The molecule has 0 aliphatic heterocycles. The first kappa shape index (κ1) is 20.6. The van der Waals surface area contributed by atoms with E-state index in [1.165, 1.54) is 25.4 Å². The van der Waals surface area contributed by atoms with Crippen LogP contribution in [0.4, 0.5) is 10.1 Å². The number of aromatic carboxylic acids is 1. The van der Waals surface area contributed by atoms with Gasteiger partial charge < -0.3 is 24.8 Å². The second kappa shape index (κ2) is 8.10. The van der Waals surface area contributed by atoms with Crippen LogP contribution in [0.1, 0.15) is 28.0 Å². The Balaban J connectivity index is 1.89. The van der Waals surface area contributed by atoms with E-state index in [1.54, 1.807) is 36.7 Å². The van der Waals surface area contributed by atoms with Crippen LogP contribution in [-0.4, -0.2) is 32.8 Å². The van der Waals surface area contributed by atoms with Crippen molar-refractivity contribution in [3.63, 3.8) is 0 Å². The van der Waals surface area contributed by atoms with Gasteiger partial charge in [-0.05, 0) is 42.8 Å². The van der Waals surface area contributed by atoms with E-state index in [2.05, 4.69) is 10.3 Å². The van der Waals surface area contributed by atoms with Gasteiger partial charge in [0.25, 0.3) is 0 Å². The zero-order valence-electron chi connectivity index (χ0n) is 15.9. The van der Waals surface area contributed by atoms with E-state index in [0.717, 1.165) is 0 Å². The predicted octanol–water partition coefficient (Wildman–Crippen LogP) is 4.00. The molecule has 1 atom stereocenters. The number of aryl methyl sites for hydroxylation is 1. The highest BCUT2D eigenvalue weighted by molar-refractivity contribution is 6.33. The maximum Gasteiger partial charge on any atom is 0.335 e. The molecule has 0 radical (unpaired) electrons. The van der Waals surface area contributed by atoms with Crippen molar-refractivity contribution in [2.75, 3.05) is 12.4 Å². The van der Waals surface area contributed by atoms with Crippen LogP contribution in [-0.2, 0) is 7.05 Å². The molecular formula is C20H19ClFN3O4. The average molecular weight is 420 g/mol. The lowest BCUT2D eigenvalue weighted by atomic mass is 10.1. The van der Waals surface area contributed by atoms with Crippen LogP contribution in [0.5, 0.6) is 5.75 Å². The van der Waals surface area contributed by atoms with Gasteiger partial charge in [0, 0.05) is 18.3 Å². The normalized spacial score (nSPS) is 11.9. The Bertz CT molecular complexity index is 1080. The molecule has 0 aliphatic carbocycles. The Kier molecular flexibility index (Phi) is 5.76. The zero-order chi connectivity index (χ0) is 21.3. The summed E-state index contributed by atoms with van der Waals surface area (Å²) in [5, 5.41) is 22.4. The number of hydrogen-bond acceptors (Lipinski definition) is 5. The minimum absolute atomic E-state index is 0.0306. The summed E-state index contributed by atoms with van der Waals surface area (Å²) in [5.74, 6) is -1.40. The van der Waals surface area contributed by atoms with Crippen molar-refractivity contribution in [2.24, 2.45) is 7.05 Å². The Morgan fingerprint density at radius 3 is 2.69 bits per heavy atom. The van der Waals surface area contributed by atoms with E-state index >= 15 is 0 Å². The number of methoxy groups -OCH3 is 1. The fourth-order valence-electron chi connectivity index (χ4n) is 3.03. The number of halogens is 2. The molecule has 0 aliphatic rings. The largest absolute Gasteiger partial charge is 0.494 e. The van der Waals surface area contributed by atoms with Crippen LogP contribution in [0.2, 0.25) is 5.02 Å². The summed E-state index contributed by atoms with van der Waals surface area (Å²) in [7, 11) is 3.02. The zero-order valence-corrected chi connectivity index (χ0v) is 16.7. The molecule has 1 unspecified atom stereocenters. The Labute approximate surface area is 171 Å². The number of aliphatic hydroxyl groups excluding tert-OH is 1. The monoisotopic (exact) mass is 419 g/mol. The average Bonchev–Trinajstić information content (AvgIpc) is 3.05. The SMILES string of the molecule is COc1ccc(-c2cnc(C(O)Nc3ccc(C(=O)O)c(C)c3)n2C)c(Cl)c1F. The number of hydrogen-bond donors (Lipinski definition) is 3. The smallest absolute Gasteiger partial charge is 0.335 e.